The van der Waals surface area contributed by atoms with E-state index in [-0.39, 0.29) is 18.1 Å². The molecule has 0 saturated heterocycles. The lowest BCUT2D eigenvalue weighted by molar-refractivity contribution is -0.385. The summed E-state index contributed by atoms with van der Waals surface area (Å²) in [6.45, 7) is 2.73. The van der Waals surface area contributed by atoms with Gasteiger partial charge >= 0.3 is 0 Å². The molecule has 0 bridgehead atoms. The standard InChI is InChI=1S/C20H21N3O4/c1-2-22(15-16-8-4-3-5-9-16)20(25)14-21-19(24)13-12-17-10-6-7-11-18(17)23(26)27/h3-13H,2,14-15H2,1H3,(H,21,24)/b13-12+. The molecule has 27 heavy (non-hydrogen) atoms. The quantitative estimate of drug-likeness (QED) is 0.441. The Labute approximate surface area is 157 Å². The number of carbonyl (C=O) groups is 2. The molecule has 7 heteroatoms. The van der Waals surface area contributed by atoms with Gasteiger partial charge in [0.2, 0.25) is 11.8 Å². The number of amides is 2. The van der Waals surface area contributed by atoms with Gasteiger partial charge < -0.3 is 10.2 Å². The largest absolute Gasteiger partial charge is 0.343 e. The highest BCUT2D eigenvalue weighted by molar-refractivity contribution is 5.94. The Kier molecular flexibility index (Phi) is 7.25. The normalized spacial score (nSPS) is 10.6. The van der Waals surface area contributed by atoms with Crippen LogP contribution in [0, 0.1) is 10.1 Å². The van der Waals surface area contributed by atoms with E-state index in [1.165, 1.54) is 18.2 Å². The number of carbonyl (C=O) groups excluding carboxylic acids is 2. The fraction of sp³-hybridized carbons (Fsp3) is 0.200. The Bertz CT molecular complexity index is 834. The second kappa shape index (κ2) is 9.86. The van der Waals surface area contributed by atoms with Gasteiger partial charge in [-0.05, 0) is 24.6 Å². The second-order valence-corrected chi connectivity index (χ2v) is 5.76. The molecule has 0 radical (unpaired) electrons. The maximum Gasteiger partial charge on any atom is 0.276 e. The summed E-state index contributed by atoms with van der Waals surface area (Å²) in [7, 11) is 0. The van der Waals surface area contributed by atoms with Crippen LogP contribution in [0.2, 0.25) is 0 Å². The minimum absolute atomic E-state index is 0.0855. The third kappa shape index (κ3) is 6.07. The number of nitrogens with zero attached hydrogens (tertiary/aromatic N) is 2. The molecule has 2 rings (SSSR count). The summed E-state index contributed by atoms with van der Waals surface area (Å²) in [5.74, 6) is -0.689. The molecule has 0 aliphatic heterocycles. The number of nitro groups is 1. The van der Waals surface area contributed by atoms with Crippen LogP contribution in [0.3, 0.4) is 0 Å². The minimum Gasteiger partial charge on any atom is -0.343 e. The van der Waals surface area contributed by atoms with Gasteiger partial charge in [0.15, 0.2) is 0 Å². The van der Waals surface area contributed by atoms with Crippen molar-refractivity contribution >= 4 is 23.6 Å². The highest BCUT2D eigenvalue weighted by atomic mass is 16.6. The van der Waals surface area contributed by atoms with E-state index in [4.69, 9.17) is 0 Å². The van der Waals surface area contributed by atoms with Gasteiger partial charge in [0.25, 0.3) is 5.69 Å². The van der Waals surface area contributed by atoms with E-state index in [1.807, 2.05) is 37.3 Å². The van der Waals surface area contributed by atoms with Crippen molar-refractivity contribution in [1.82, 2.24) is 10.2 Å². The van der Waals surface area contributed by atoms with Crippen molar-refractivity contribution in [3.8, 4) is 0 Å². The van der Waals surface area contributed by atoms with Gasteiger partial charge in [-0.2, -0.15) is 0 Å². The van der Waals surface area contributed by atoms with Gasteiger partial charge in [0.05, 0.1) is 17.0 Å². The minimum atomic E-state index is -0.510. The van der Waals surface area contributed by atoms with Crippen molar-refractivity contribution in [1.29, 1.82) is 0 Å². The summed E-state index contributed by atoms with van der Waals surface area (Å²) in [5.41, 5.74) is 1.25. The third-order valence-electron chi connectivity index (χ3n) is 3.91. The molecule has 2 aromatic carbocycles. The van der Waals surface area contributed by atoms with E-state index in [0.717, 1.165) is 5.56 Å². The number of nitro benzene ring substituents is 1. The Balaban J connectivity index is 1.90. The number of rotatable bonds is 8. The lowest BCUT2D eigenvalue weighted by Gasteiger charge is -2.21. The van der Waals surface area contributed by atoms with Crippen LogP contribution in [0.4, 0.5) is 5.69 Å². The molecule has 0 saturated carbocycles. The lowest BCUT2D eigenvalue weighted by Crippen LogP contribution is -2.39. The first kappa shape index (κ1) is 19.8. The summed E-state index contributed by atoms with van der Waals surface area (Å²) >= 11 is 0. The van der Waals surface area contributed by atoms with Crippen LogP contribution >= 0.6 is 0 Å². The molecule has 0 unspecified atom stereocenters. The number of para-hydroxylation sites is 1. The van der Waals surface area contributed by atoms with E-state index in [2.05, 4.69) is 5.32 Å². The molecule has 0 aliphatic rings. The van der Waals surface area contributed by atoms with E-state index in [1.54, 1.807) is 23.1 Å². The van der Waals surface area contributed by atoms with Crippen LogP contribution in [-0.2, 0) is 16.1 Å². The first-order valence-corrected chi connectivity index (χ1v) is 8.52. The Morgan fingerprint density at radius 1 is 1.11 bits per heavy atom. The van der Waals surface area contributed by atoms with Crippen molar-refractivity contribution in [3.05, 3.63) is 81.9 Å². The third-order valence-corrected chi connectivity index (χ3v) is 3.91. The maximum atomic E-state index is 12.3. The zero-order chi connectivity index (χ0) is 19.6. The Morgan fingerprint density at radius 2 is 1.78 bits per heavy atom. The zero-order valence-electron chi connectivity index (χ0n) is 15.0. The van der Waals surface area contributed by atoms with Crippen molar-refractivity contribution < 1.29 is 14.5 Å². The van der Waals surface area contributed by atoms with Gasteiger partial charge in [-0.25, -0.2) is 0 Å². The molecule has 0 aromatic heterocycles. The van der Waals surface area contributed by atoms with Gasteiger partial charge in [-0.3, -0.25) is 19.7 Å². The average molecular weight is 367 g/mol. The summed E-state index contributed by atoms with van der Waals surface area (Å²) in [5, 5.41) is 13.5. The summed E-state index contributed by atoms with van der Waals surface area (Å²) < 4.78 is 0. The van der Waals surface area contributed by atoms with E-state index >= 15 is 0 Å². The predicted molar refractivity (Wildman–Crippen MR) is 103 cm³/mol. The first-order valence-electron chi connectivity index (χ1n) is 8.52. The molecule has 0 spiro atoms. The molecular formula is C20H21N3O4. The van der Waals surface area contributed by atoms with Gasteiger partial charge in [-0.15, -0.1) is 0 Å². The lowest BCUT2D eigenvalue weighted by atomic mass is 10.1. The first-order chi connectivity index (χ1) is 13.0. The fourth-order valence-electron chi connectivity index (χ4n) is 2.47. The van der Waals surface area contributed by atoms with Gasteiger partial charge in [0, 0.05) is 25.2 Å². The molecule has 140 valence electrons. The van der Waals surface area contributed by atoms with Crippen molar-refractivity contribution in [2.24, 2.45) is 0 Å². The highest BCUT2D eigenvalue weighted by Crippen LogP contribution is 2.18. The molecule has 7 nitrogen and oxygen atoms in total. The van der Waals surface area contributed by atoms with Crippen molar-refractivity contribution in [2.45, 2.75) is 13.5 Å². The number of benzene rings is 2. The van der Waals surface area contributed by atoms with Crippen LogP contribution < -0.4 is 5.32 Å². The molecule has 2 aromatic rings. The number of hydrogen-bond acceptors (Lipinski definition) is 4. The van der Waals surface area contributed by atoms with E-state index in [9.17, 15) is 19.7 Å². The molecule has 2 amide bonds. The monoisotopic (exact) mass is 367 g/mol. The topological polar surface area (TPSA) is 92.6 Å². The number of hydrogen-bond donors (Lipinski definition) is 1. The Morgan fingerprint density at radius 3 is 2.44 bits per heavy atom. The summed E-state index contributed by atoms with van der Waals surface area (Å²) in [4.78, 5) is 36.3. The summed E-state index contributed by atoms with van der Waals surface area (Å²) in [6, 6.07) is 15.7. The summed E-state index contributed by atoms with van der Waals surface area (Å²) in [6.07, 6.45) is 2.54. The van der Waals surface area contributed by atoms with Crippen LogP contribution in [0.15, 0.2) is 60.7 Å². The van der Waals surface area contributed by atoms with Crippen molar-refractivity contribution in [2.75, 3.05) is 13.1 Å². The van der Waals surface area contributed by atoms with Crippen molar-refractivity contribution in [3.63, 3.8) is 0 Å². The van der Waals surface area contributed by atoms with E-state index < -0.39 is 10.8 Å². The molecular weight excluding hydrogens is 346 g/mol. The molecule has 0 fully saturated rings. The predicted octanol–water partition coefficient (Wildman–Crippen LogP) is 2.77. The smallest absolute Gasteiger partial charge is 0.276 e. The van der Waals surface area contributed by atoms with E-state index in [0.29, 0.717) is 18.7 Å². The number of nitrogens with one attached hydrogen (secondary N) is 1. The molecule has 0 aliphatic carbocycles. The van der Waals surface area contributed by atoms with Crippen LogP contribution in [0.1, 0.15) is 18.1 Å². The van der Waals surface area contributed by atoms with Crippen LogP contribution in [0.25, 0.3) is 6.08 Å². The van der Waals surface area contributed by atoms with Gasteiger partial charge in [-0.1, -0.05) is 42.5 Å². The molecule has 0 atom stereocenters. The highest BCUT2D eigenvalue weighted by Gasteiger charge is 2.13. The molecule has 1 N–H and O–H groups in total. The second-order valence-electron chi connectivity index (χ2n) is 5.76. The Hall–Kier alpha value is -3.48. The molecule has 0 heterocycles. The van der Waals surface area contributed by atoms with Crippen LogP contribution in [-0.4, -0.2) is 34.7 Å². The van der Waals surface area contributed by atoms with Gasteiger partial charge in [0.1, 0.15) is 0 Å². The maximum absolute atomic E-state index is 12.3. The fourth-order valence-corrected chi connectivity index (χ4v) is 2.47. The number of likely N-dealkylation sites (N-methyl/N-ethyl adjacent to an activating group) is 1. The SMILES string of the molecule is CCN(Cc1ccccc1)C(=O)CNC(=O)/C=C/c1ccccc1[N+](=O)[O-]. The average Bonchev–Trinajstić information content (AvgIpc) is 2.69. The van der Waals surface area contributed by atoms with Crippen LogP contribution in [0.5, 0.6) is 0 Å². The zero-order valence-corrected chi connectivity index (χ0v) is 15.0.